The molecule has 0 bridgehead atoms. The fraction of sp³-hybridized carbons (Fsp3) is 0.571. The molecule has 2 aliphatic rings. The fourth-order valence-corrected chi connectivity index (χ4v) is 4.14. The average molecular weight is 368 g/mol. The van der Waals surface area contributed by atoms with Crippen LogP contribution in [0.1, 0.15) is 37.4 Å². The van der Waals surface area contributed by atoms with Gasteiger partial charge in [0.25, 0.3) is 0 Å². The molecule has 2 aromatic rings. The number of para-hydroxylation sites is 1. The van der Waals surface area contributed by atoms with Crippen molar-refractivity contribution in [3.8, 4) is 5.75 Å². The van der Waals surface area contributed by atoms with Crippen molar-refractivity contribution in [2.24, 2.45) is 11.8 Å². The van der Waals surface area contributed by atoms with Crippen molar-refractivity contribution in [2.75, 3.05) is 19.7 Å². The van der Waals surface area contributed by atoms with Crippen molar-refractivity contribution in [3.05, 3.63) is 41.7 Å². The second-order valence-electron chi connectivity index (χ2n) is 7.77. The first-order valence-electron chi connectivity index (χ1n) is 10.1. The topological polar surface area (TPSA) is 60.2 Å². The third kappa shape index (κ3) is 4.15. The lowest BCUT2D eigenvalue weighted by molar-refractivity contribution is -0.138. The Bertz CT molecular complexity index is 780. The number of hydrogen-bond donors (Lipinski definition) is 0. The summed E-state index contributed by atoms with van der Waals surface area (Å²) >= 11 is 0. The normalized spacial score (nSPS) is 20.2. The molecule has 3 heterocycles. The molecular formula is C21H28N4O2. The van der Waals surface area contributed by atoms with Gasteiger partial charge in [-0.25, -0.2) is 0 Å². The minimum atomic E-state index is -0.0524. The Balaban J connectivity index is 1.28. The van der Waals surface area contributed by atoms with Gasteiger partial charge in [0, 0.05) is 25.8 Å². The summed E-state index contributed by atoms with van der Waals surface area (Å²) in [5.41, 5.74) is 2.22. The quantitative estimate of drug-likeness (QED) is 0.814. The Morgan fingerprint density at radius 2 is 2.07 bits per heavy atom. The Hall–Kier alpha value is -2.37. The molecule has 1 atom stereocenters. The number of fused-ring (bicyclic) bond motifs is 1. The number of carbonyl (C=O) groups is 1. The molecule has 144 valence electrons. The zero-order valence-corrected chi connectivity index (χ0v) is 16.0. The van der Waals surface area contributed by atoms with Crippen LogP contribution in [0.4, 0.5) is 0 Å². The van der Waals surface area contributed by atoms with Crippen LogP contribution in [0.25, 0.3) is 0 Å². The smallest absolute Gasteiger partial charge is 0.229 e. The van der Waals surface area contributed by atoms with Crippen molar-refractivity contribution >= 4 is 5.91 Å². The SMILES string of the molecule is CCCc1cn(CC2CCN(C(=O)C3COc4ccccc4C3)CC2)nn1. The maximum absolute atomic E-state index is 12.9. The third-order valence-corrected chi connectivity index (χ3v) is 5.69. The van der Waals surface area contributed by atoms with Crippen molar-refractivity contribution in [1.29, 1.82) is 0 Å². The number of nitrogens with zero attached hydrogens (tertiary/aromatic N) is 4. The molecular weight excluding hydrogens is 340 g/mol. The Morgan fingerprint density at radius 3 is 2.89 bits per heavy atom. The molecule has 0 spiro atoms. The Labute approximate surface area is 160 Å². The average Bonchev–Trinajstić information content (AvgIpc) is 3.15. The van der Waals surface area contributed by atoms with E-state index in [0.29, 0.717) is 12.5 Å². The van der Waals surface area contributed by atoms with Gasteiger partial charge in [0.05, 0.1) is 11.6 Å². The molecule has 0 N–H and O–H groups in total. The molecule has 6 nitrogen and oxygen atoms in total. The van der Waals surface area contributed by atoms with E-state index in [2.05, 4.69) is 29.5 Å². The number of likely N-dealkylation sites (tertiary alicyclic amines) is 1. The van der Waals surface area contributed by atoms with Crippen LogP contribution in [-0.4, -0.2) is 45.5 Å². The Kier molecular flexibility index (Phi) is 5.41. The summed E-state index contributed by atoms with van der Waals surface area (Å²) in [7, 11) is 0. The molecule has 0 aliphatic carbocycles. The number of amides is 1. The highest BCUT2D eigenvalue weighted by Crippen LogP contribution is 2.29. The molecule has 1 aromatic carbocycles. The number of piperidine rings is 1. The number of hydrogen-bond acceptors (Lipinski definition) is 4. The number of ether oxygens (including phenoxy) is 1. The van der Waals surface area contributed by atoms with Gasteiger partial charge in [0.1, 0.15) is 12.4 Å². The highest BCUT2D eigenvalue weighted by atomic mass is 16.5. The molecule has 1 saturated heterocycles. The number of carbonyl (C=O) groups excluding carboxylic acids is 1. The van der Waals surface area contributed by atoms with E-state index in [-0.39, 0.29) is 11.8 Å². The van der Waals surface area contributed by atoms with E-state index >= 15 is 0 Å². The van der Waals surface area contributed by atoms with Crippen LogP contribution >= 0.6 is 0 Å². The van der Waals surface area contributed by atoms with E-state index in [1.807, 2.05) is 27.8 Å². The summed E-state index contributed by atoms with van der Waals surface area (Å²) in [6, 6.07) is 8.03. The Morgan fingerprint density at radius 1 is 1.26 bits per heavy atom. The first-order chi connectivity index (χ1) is 13.2. The van der Waals surface area contributed by atoms with E-state index in [4.69, 9.17) is 4.74 Å². The summed E-state index contributed by atoms with van der Waals surface area (Å²) in [6.07, 6.45) is 6.98. The first kappa shape index (κ1) is 18.0. The molecule has 2 aliphatic heterocycles. The summed E-state index contributed by atoms with van der Waals surface area (Å²) in [4.78, 5) is 15.0. The maximum Gasteiger partial charge on any atom is 0.229 e. The van der Waals surface area contributed by atoms with Gasteiger partial charge >= 0.3 is 0 Å². The van der Waals surface area contributed by atoms with Gasteiger partial charge < -0.3 is 9.64 Å². The summed E-state index contributed by atoms with van der Waals surface area (Å²) in [5, 5.41) is 8.48. The minimum Gasteiger partial charge on any atom is -0.492 e. The van der Waals surface area contributed by atoms with Crippen LogP contribution in [0.3, 0.4) is 0 Å². The molecule has 0 radical (unpaired) electrons. The van der Waals surface area contributed by atoms with Crippen LogP contribution in [0.5, 0.6) is 5.75 Å². The first-order valence-corrected chi connectivity index (χ1v) is 10.1. The predicted molar refractivity (Wildman–Crippen MR) is 102 cm³/mol. The highest BCUT2D eigenvalue weighted by Gasteiger charge is 2.31. The zero-order valence-electron chi connectivity index (χ0n) is 16.0. The number of rotatable bonds is 5. The molecule has 1 fully saturated rings. The molecule has 1 amide bonds. The molecule has 27 heavy (non-hydrogen) atoms. The second-order valence-corrected chi connectivity index (χ2v) is 7.77. The van der Waals surface area contributed by atoms with Gasteiger partial charge in [-0.15, -0.1) is 5.10 Å². The van der Waals surface area contributed by atoms with Gasteiger partial charge in [-0.3, -0.25) is 9.48 Å². The van der Waals surface area contributed by atoms with Gasteiger partial charge in [-0.1, -0.05) is 36.8 Å². The lowest BCUT2D eigenvalue weighted by atomic mass is 9.92. The standard InChI is InChI=1S/C21H28N4O2/c1-2-5-19-14-25(23-22-19)13-16-8-10-24(11-9-16)21(26)18-12-17-6-3-4-7-20(17)27-15-18/h3-4,6-7,14,16,18H,2,5,8-13,15H2,1H3. The summed E-state index contributed by atoms with van der Waals surface area (Å²) < 4.78 is 7.78. The van der Waals surface area contributed by atoms with E-state index in [9.17, 15) is 4.79 Å². The van der Waals surface area contributed by atoms with Crippen LogP contribution < -0.4 is 4.74 Å². The fourth-order valence-electron chi connectivity index (χ4n) is 4.14. The number of aryl methyl sites for hydroxylation is 1. The van der Waals surface area contributed by atoms with E-state index in [0.717, 1.165) is 68.7 Å². The van der Waals surface area contributed by atoms with E-state index in [1.165, 1.54) is 0 Å². The van der Waals surface area contributed by atoms with Crippen molar-refractivity contribution < 1.29 is 9.53 Å². The zero-order chi connectivity index (χ0) is 18.6. The molecule has 4 rings (SSSR count). The second kappa shape index (κ2) is 8.11. The maximum atomic E-state index is 12.9. The molecule has 1 unspecified atom stereocenters. The van der Waals surface area contributed by atoms with Crippen molar-refractivity contribution in [3.63, 3.8) is 0 Å². The number of aromatic nitrogens is 3. The van der Waals surface area contributed by atoms with Gasteiger partial charge in [-0.2, -0.15) is 0 Å². The minimum absolute atomic E-state index is 0.0524. The third-order valence-electron chi connectivity index (χ3n) is 5.69. The van der Waals surface area contributed by atoms with Crippen molar-refractivity contribution in [1.82, 2.24) is 19.9 Å². The molecule has 1 aromatic heterocycles. The van der Waals surface area contributed by atoms with Crippen LogP contribution in [0, 0.1) is 11.8 Å². The van der Waals surface area contributed by atoms with Crippen molar-refractivity contribution in [2.45, 2.75) is 45.6 Å². The van der Waals surface area contributed by atoms with Crippen LogP contribution in [0.2, 0.25) is 0 Å². The summed E-state index contributed by atoms with van der Waals surface area (Å²) in [6.45, 7) is 5.21. The molecule has 0 saturated carbocycles. The molecule has 6 heteroatoms. The van der Waals surface area contributed by atoms with E-state index in [1.54, 1.807) is 0 Å². The highest BCUT2D eigenvalue weighted by molar-refractivity contribution is 5.80. The van der Waals surface area contributed by atoms with Crippen LogP contribution in [0.15, 0.2) is 30.5 Å². The van der Waals surface area contributed by atoms with Gasteiger partial charge in [0.2, 0.25) is 5.91 Å². The monoisotopic (exact) mass is 368 g/mol. The summed E-state index contributed by atoms with van der Waals surface area (Å²) in [5.74, 6) is 1.68. The number of benzene rings is 1. The predicted octanol–water partition coefficient (Wildman–Crippen LogP) is 2.72. The van der Waals surface area contributed by atoms with Crippen LogP contribution in [-0.2, 0) is 24.2 Å². The van der Waals surface area contributed by atoms with Gasteiger partial charge in [-0.05, 0) is 43.2 Å². The van der Waals surface area contributed by atoms with Gasteiger partial charge in [0.15, 0.2) is 0 Å². The lowest BCUT2D eigenvalue weighted by Crippen LogP contribution is -2.45. The van der Waals surface area contributed by atoms with E-state index < -0.39 is 0 Å². The lowest BCUT2D eigenvalue weighted by Gasteiger charge is -2.35. The largest absolute Gasteiger partial charge is 0.492 e.